The topological polar surface area (TPSA) is 196 Å². The first kappa shape index (κ1) is 59.6. The van der Waals surface area contributed by atoms with Gasteiger partial charge in [0.1, 0.15) is 17.9 Å². The van der Waals surface area contributed by atoms with Gasteiger partial charge in [0.25, 0.3) is 5.91 Å². The molecule has 0 spiro atoms. The fourth-order valence-electron chi connectivity index (χ4n) is 9.89. The van der Waals surface area contributed by atoms with Crippen molar-refractivity contribution in [2.75, 3.05) is 38.8 Å². The average molecular weight is 1120 g/mol. The Labute approximate surface area is 451 Å². The zero-order valence-electron chi connectivity index (χ0n) is 44.3. The average Bonchev–Trinajstić information content (AvgIpc) is 4.16. The number of aromatic nitrogens is 3. The number of hydrazine groups is 1. The highest BCUT2D eigenvalue weighted by molar-refractivity contribution is 5.87. The van der Waals surface area contributed by atoms with Gasteiger partial charge < -0.3 is 35.4 Å². The summed E-state index contributed by atoms with van der Waals surface area (Å²) in [6.45, 7) is 0.369. The van der Waals surface area contributed by atoms with Gasteiger partial charge in [0.15, 0.2) is 0 Å². The Balaban J connectivity index is 1.15. The molecule has 0 radical (unpaired) electrons. The summed E-state index contributed by atoms with van der Waals surface area (Å²) in [6.07, 6.45) is -5.02. The van der Waals surface area contributed by atoms with Gasteiger partial charge in [-0.2, -0.15) is 40.2 Å². The van der Waals surface area contributed by atoms with Gasteiger partial charge in [0.2, 0.25) is 5.91 Å². The number of fused-ring (bicyclic) bond motifs is 2. The highest BCUT2D eigenvalue weighted by atomic mass is 19.4. The van der Waals surface area contributed by atoms with E-state index in [1.54, 1.807) is 30.5 Å². The van der Waals surface area contributed by atoms with Crippen LogP contribution in [0, 0.1) is 22.7 Å². The van der Waals surface area contributed by atoms with Crippen LogP contribution >= 0.6 is 0 Å². The van der Waals surface area contributed by atoms with E-state index in [4.69, 9.17) is 4.98 Å². The van der Waals surface area contributed by atoms with Gasteiger partial charge in [0.05, 0.1) is 43.4 Å². The fraction of sp³-hybridized carbons (Fsp3) is 0.519. The number of piperazine rings is 1. The Morgan fingerprint density at radius 1 is 0.709 bits per heavy atom. The number of nitrogens with one attached hydrogen (secondary N) is 4. The van der Waals surface area contributed by atoms with E-state index in [9.17, 15) is 59.4 Å². The Kier molecular flexibility index (Phi) is 18.5. The number of ether oxygens (including phenoxy) is 2. The van der Waals surface area contributed by atoms with Crippen LogP contribution in [0.25, 0.3) is 11.1 Å². The van der Waals surface area contributed by atoms with Crippen molar-refractivity contribution in [3.05, 3.63) is 102 Å². The largest absolute Gasteiger partial charge is 0.453 e. The standard InChI is InChI=1S/C54H64F8N10O7/c1-51(2,53(57,58)59)44(66-49(76)78-5)46(74)65-41(24-33-13-10-32(11-14-33)12-15-34-18-23-43(63-25-34)69-29-39-21-22-40(30-69)72(39)38-8-7-9-38)42(73)31-70(68-47(75)45(67-50(77)79-6)52(3,4)54(60,61)62)27-35-16-19-36(20-17-35)37-26-64-71(28-37)48(55)56/h10-11,13-14,16-20,23,25-26,28,38-42,44-45,48,73H,7-9,21-22,24,27,29-31H2,1-6H3,(H,65,74)(H,66,76)(H,67,77)(H,68,75)/t39?,40?,41-,42-,44+,45+/m0/s1. The molecule has 428 valence electrons. The number of anilines is 1. The summed E-state index contributed by atoms with van der Waals surface area (Å²) in [5.41, 5.74) is -0.979. The molecular weight excluding hydrogens is 1050 g/mol. The van der Waals surface area contributed by atoms with Crippen LogP contribution in [0.5, 0.6) is 0 Å². The number of benzene rings is 2. The monoisotopic (exact) mass is 1120 g/mol. The molecule has 2 bridgehead atoms. The molecule has 7 rings (SSSR count). The molecule has 17 nitrogen and oxygen atoms in total. The van der Waals surface area contributed by atoms with E-state index >= 15 is 0 Å². The maximum absolute atomic E-state index is 14.6. The molecule has 3 aliphatic rings. The third-order valence-electron chi connectivity index (χ3n) is 15.1. The molecule has 2 aromatic heterocycles. The van der Waals surface area contributed by atoms with Crippen LogP contribution in [0.3, 0.4) is 0 Å². The normalized spacial score (nSPS) is 18.6. The van der Waals surface area contributed by atoms with Crippen molar-refractivity contribution >= 4 is 29.8 Å². The summed E-state index contributed by atoms with van der Waals surface area (Å²) in [7, 11) is 1.74. The summed E-state index contributed by atoms with van der Waals surface area (Å²) in [5, 5.41) is 23.0. The predicted molar refractivity (Wildman–Crippen MR) is 273 cm³/mol. The molecule has 25 heteroatoms. The van der Waals surface area contributed by atoms with Crippen molar-refractivity contribution in [2.45, 2.75) is 134 Å². The fourth-order valence-corrected chi connectivity index (χ4v) is 9.89. The molecule has 4 aromatic rings. The van der Waals surface area contributed by atoms with Crippen molar-refractivity contribution in [3.63, 3.8) is 0 Å². The lowest BCUT2D eigenvalue weighted by Gasteiger charge is -2.48. The lowest BCUT2D eigenvalue weighted by Crippen LogP contribution is -2.63. The molecule has 2 saturated heterocycles. The first-order valence-corrected chi connectivity index (χ1v) is 25.6. The molecule has 2 aliphatic heterocycles. The lowest BCUT2D eigenvalue weighted by molar-refractivity contribution is -0.221. The van der Waals surface area contributed by atoms with Crippen molar-refractivity contribution < 1.29 is 68.9 Å². The number of alkyl carbamates (subject to hydrolysis) is 2. The highest BCUT2D eigenvalue weighted by Gasteiger charge is 2.57. The van der Waals surface area contributed by atoms with Crippen LogP contribution in [0.1, 0.15) is 88.6 Å². The SMILES string of the molecule is COC(=O)N[C@H](C(=O)N[C@@H](Cc1ccc(C#Cc2ccc(N3CC4CCC(C3)N4C3CCC3)nc2)cc1)[C@@H](O)CN(Cc1ccc(-c2cnn(C(F)F)c2)cc1)NC(=O)[C@@H](NC(=O)OC)C(C)(C)C(F)(F)F)C(C)(C)C(F)(F)F. The Morgan fingerprint density at radius 2 is 1.25 bits per heavy atom. The van der Waals surface area contributed by atoms with Crippen LogP contribution in [0.4, 0.5) is 50.5 Å². The minimum Gasteiger partial charge on any atom is -0.453 e. The number of alkyl halides is 8. The zero-order chi connectivity index (χ0) is 57.6. The van der Waals surface area contributed by atoms with E-state index in [1.165, 1.54) is 62.6 Å². The molecular formula is C54H64F8N10O7. The molecule has 4 heterocycles. The number of pyridine rings is 1. The molecule has 3 fully saturated rings. The summed E-state index contributed by atoms with van der Waals surface area (Å²) in [4.78, 5) is 62.7. The Hall–Kier alpha value is -7.04. The number of carbonyl (C=O) groups excluding carboxylic acids is 4. The number of hydrogen-bond acceptors (Lipinski definition) is 12. The number of methoxy groups -OCH3 is 2. The maximum atomic E-state index is 14.6. The Morgan fingerprint density at radius 3 is 1.75 bits per heavy atom. The smallest absolute Gasteiger partial charge is 0.407 e. The minimum atomic E-state index is -5.10. The summed E-state index contributed by atoms with van der Waals surface area (Å²) in [6, 6.07) is 11.7. The Bertz CT molecular complexity index is 2800. The van der Waals surface area contributed by atoms with Gasteiger partial charge in [-0.1, -0.05) is 54.7 Å². The van der Waals surface area contributed by atoms with E-state index in [2.05, 4.69) is 47.0 Å². The first-order valence-electron chi connectivity index (χ1n) is 25.6. The van der Waals surface area contributed by atoms with Gasteiger partial charge in [-0.25, -0.2) is 24.3 Å². The molecule has 79 heavy (non-hydrogen) atoms. The second-order valence-electron chi connectivity index (χ2n) is 21.2. The number of hydrogen-bond donors (Lipinski definition) is 5. The second kappa shape index (κ2) is 24.5. The van der Waals surface area contributed by atoms with Gasteiger partial charge in [-0.05, 0) is 101 Å². The quantitative estimate of drug-likeness (QED) is 0.0353. The van der Waals surface area contributed by atoms with Crippen molar-refractivity contribution in [2.24, 2.45) is 10.8 Å². The molecule has 1 aliphatic carbocycles. The number of rotatable bonds is 19. The highest BCUT2D eigenvalue weighted by Crippen LogP contribution is 2.43. The van der Waals surface area contributed by atoms with Crippen molar-refractivity contribution in [3.8, 4) is 23.0 Å². The van der Waals surface area contributed by atoms with Gasteiger partial charge in [-0.3, -0.25) is 19.9 Å². The predicted octanol–water partition coefficient (Wildman–Crippen LogP) is 7.49. The third-order valence-corrected chi connectivity index (χ3v) is 15.1. The first-order chi connectivity index (χ1) is 37.2. The van der Waals surface area contributed by atoms with Gasteiger partial charge in [-0.15, -0.1) is 0 Å². The molecule has 2 aromatic carbocycles. The molecule has 2 unspecified atom stereocenters. The van der Waals surface area contributed by atoms with Gasteiger partial charge >= 0.3 is 31.1 Å². The number of halogens is 8. The van der Waals surface area contributed by atoms with Crippen LogP contribution in [-0.2, 0) is 32.0 Å². The number of carbonyl (C=O) groups is 4. The van der Waals surface area contributed by atoms with E-state index in [1.807, 2.05) is 22.8 Å². The van der Waals surface area contributed by atoms with Crippen LogP contribution in [0.2, 0.25) is 0 Å². The summed E-state index contributed by atoms with van der Waals surface area (Å²) in [5.74, 6) is 4.19. The third kappa shape index (κ3) is 14.2. The van der Waals surface area contributed by atoms with E-state index in [-0.39, 0.29) is 6.42 Å². The van der Waals surface area contributed by atoms with Crippen molar-refractivity contribution in [1.82, 2.24) is 46.0 Å². The lowest BCUT2D eigenvalue weighted by atomic mass is 9.82. The van der Waals surface area contributed by atoms with Crippen LogP contribution < -0.4 is 26.3 Å². The number of amides is 4. The zero-order valence-corrected chi connectivity index (χ0v) is 44.3. The van der Waals surface area contributed by atoms with E-state index < -0.39 is 91.1 Å². The van der Waals surface area contributed by atoms with E-state index in [0.29, 0.717) is 83.9 Å². The molecule has 5 N–H and O–H groups in total. The molecule has 4 amide bonds. The second-order valence-corrected chi connectivity index (χ2v) is 21.2. The molecule has 1 saturated carbocycles. The minimum absolute atomic E-state index is 0.294. The summed E-state index contributed by atoms with van der Waals surface area (Å²) < 4.78 is 123. The number of aliphatic hydroxyl groups excluding tert-OH is 1. The number of aliphatic hydroxyl groups is 1. The number of nitrogens with zero attached hydrogens (tertiary/aromatic N) is 6. The van der Waals surface area contributed by atoms with Crippen molar-refractivity contribution in [1.29, 1.82) is 0 Å². The summed E-state index contributed by atoms with van der Waals surface area (Å²) >= 11 is 0. The van der Waals surface area contributed by atoms with Crippen LogP contribution in [-0.4, -0.2) is 142 Å². The van der Waals surface area contributed by atoms with Gasteiger partial charge in [0, 0.05) is 73.4 Å². The maximum Gasteiger partial charge on any atom is 0.407 e. The van der Waals surface area contributed by atoms with Crippen LogP contribution in [0.15, 0.2) is 79.3 Å². The molecule has 6 atom stereocenters. The van der Waals surface area contributed by atoms with E-state index in [0.717, 1.165) is 44.3 Å².